The number of hydrogen-bond acceptors (Lipinski definition) is 3. The molecule has 0 radical (unpaired) electrons. The Hall–Kier alpha value is -1.89. The van der Waals surface area contributed by atoms with Crippen molar-refractivity contribution in [2.24, 2.45) is 5.92 Å². The van der Waals surface area contributed by atoms with E-state index in [9.17, 15) is 13.2 Å². The number of aromatic nitrogens is 3. The molecule has 4 nitrogen and oxygen atoms in total. The van der Waals surface area contributed by atoms with Crippen LogP contribution >= 0.6 is 0 Å². The van der Waals surface area contributed by atoms with E-state index in [1.807, 2.05) is 0 Å². The van der Waals surface area contributed by atoms with E-state index >= 15 is 0 Å². The normalized spacial score (nSPS) is 12.1. The van der Waals surface area contributed by atoms with Gasteiger partial charge in [-0.1, -0.05) is 19.9 Å². The van der Waals surface area contributed by atoms with Crippen molar-refractivity contribution in [3.63, 3.8) is 0 Å². The van der Waals surface area contributed by atoms with E-state index in [0.717, 1.165) is 18.7 Å². The molecule has 1 aromatic carbocycles. The molecule has 0 amide bonds. The maximum absolute atomic E-state index is 12.7. The molecule has 0 saturated carbocycles. The van der Waals surface area contributed by atoms with Crippen LogP contribution in [0.4, 0.5) is 13.2 Å². The van der Waals surface area contributed by atoms with Crippen molar-refractivity contribution in [2.45, 2.75) is 26.6 Å². The maximum atomic E-state index is 12.7. The van der Waals surface area contributed by atoms with Gasteiger partial charge in [-0.15, -0.1) is 0 Å². The molecule has 21 heavy (non-hydrogen) atoms. The lowest BCUT2D eigenvalue weighted by Gasteiger charge is -2.08. The maximum Gasteiger partial charge on any atom is 0.416 e. The summed E-state index contributed by atoms with van der Waals surface area (Å²) in [5, 5.41) is 11.4. The molecular formula is C14H17F3N4. The zero-order chi connectivity index (χ0) is 15.5. The molecule has 7 heteroatoms. The van der Waals surface area contributed by atoms with Gasteiger partial charge in [0, 0.05) is 6.54 Å². The predicted octanol–water partition coefficient (Wildman–Crippen LogP) is 3.03. The second-order valence-corrected chi connectivity index (χ2v) is 5.20. The zero-order valence-corrected chi connectivity index (χ0v) is 11.9. The highest BCUT2D eigenvalue weighted by atomic mass is 19.4. The summed E-state index contributed by atoms with van der Waals surface area (Å²) >= 11 is 0. The molecule has 1 N–H and O–H groups in total. The third-order valence-electron chi connectivity index (χ3n) is 2.80. The first-order valence-corrected chi connectivity index (χ1v) is 6.66. The Kier molecular flexibility index (Phi) is 4.62. The molecule has 0 fully saturated rings. The highest BCUT2D eigenvalue weighted by Crippen LogP contribution is 2.30. The zero-order valence-electron chi connectivity index (χ0n) is 11.9. The summed E-state index contributed by atoms with van der Waals surface area (Å²) in [5.74, 6) is 0.517. The van der Waals surface area contributed by atoms with Gasteiger partial charge in [0.2, 0.25) is 0 Å². The summed E-state index contributed by atoms with van der Waals surface area (Å²) in [4.78, 5) is 1.21. The van der Waals surface area contributed by atoms with Crippen molar-refractivity contribution in [1.82, 2.24) is 20.3 Å². The van der Waals surface area contributed by atoms with Crippen LogP contribution in [-0.2, 0) is 12.7 Å². The van der Waals surface area contributed by atoms with Gasteiger partial charge < -0.3 is 5.32 Å². The van der Waals surface area contributed by atoms with Gasteiger partial charge in [-0.05, 0) is 30.7 Å². The van der Waals surface area contributed by atoms with E-state index in [4.69, 9.17) is 0 Å². The molecule has 0 atom stereocenters. The van der Waals surface area contributed by atoms with E-state index in [2.05, 4.69) is 29.4 Å². The highest BCUT2D eigenvalue weighted by Gasteiger charge is 2.30. The number of nitrogens with one attached hydrogen (secondary N) is 1. The Bertz CT molecular complexity index is 590. The molecule has 2 aromatic rings. The topological polar surface area (TPSA) is 42.7 Å². The lowest BCUT2D eigenvalue weighted by atomic mass is 10.2. The number of benzene rings is 1. The second-order valence-electron chi connectivity index (χ2n) is 5.20. The van der Waals surface area contributed by atoms with Crippen molar-refractivity contribution in [1.29, 1.82) is 0 Å². The van der Waals surface area contributed by atoms with Gasteiger partial charge in [-0.2, -0.15) is 28.2 Å². The first kappa shape index (κ1) is 15.5. The minimum absolute atomic E-state index is 0.292. The van der Waals surface area contributed by atoms with Crippen molar-refractivity contribution >= 4 is 0 Å². The van der Waals surface area contributed by atoms with Crippen LogP contribution in [0.3, 0.4) is 0 Å². The molecule has 0 aliphatic rings. The summed E-state index contributed by atoms with van der Waals surface area (Å²) < 4.78 is 38.0. The molecule has 2 rings (SSSR count). The molecule has 0 aliphatic heterocycles. The summed E-state index contributed by atoms with van der Waals surface area (Å²) in [5.41, 5.74) is 0.268. The minimum Gasteiger partial charge on any atom is -0.311 e. The molecule has 1 heterocycles. The average molecular weight is 298 g/mol. The Morgan fingerprint density at radius 1 is 1.29 bits per heavy atom. The lowest BCUT2D eigenvalue weighted by Crippen LogP contribution is -2.19. The van der Waals surface area contributed by atoms with Gasteiger partial charge in [-0.25, -0.2) is 0 Å². The van der Waals surface area contributed by atoms with Gasteiger partial charge in [0.25, 0.3) is 0 Å². The Balaban J connectivity index is 2.11. The van der Waals surface area contributed by atoms with Gasteiger partial charge in [0.05, 0.1) is 23.1 Å². The van der Waals surface area contributed by atoms with E-state index in [-0.39, 0.29) is 0 Å². The molecule has 0 aliphatic carbocycles. The van der Waals surface area contributed by atoms with Crippen LogP contribution in [0.1, 0.15) is 25.1 Å². The molecule has 1 aromatic heterocycles. The van der Waals surface area contributed by atoms with Crippen LogP contribution in [0.15, 0.2) is 30.5 Å². The van der Waals surface area contributed by atoms with Crippen LogP contribution < -0.4 is 5.32 Å². The fourth-order valence-corrected chi connectivity index (χ4v) is 1.80. The van der Waals surface area contributed by atoms with Gasteiger partial charge in [-0.3, -0.25) is 0 Å². The summed E-state index contributed by atoms with van der Waals surface area (Å²) in [6, 6.07) is 4.95. The standard InChI is InChI=1S/C14H17F3N4/c1-10(2)7-18-8-12-9-19-21(20-12)13-5-3-4-11(6-13)14(15,16)17/h3-6,9-10,18H,7-8H2,1-2H3. The number of nitrogens with zero attached hydrogens (tertiary/aromatic N) is 3. The van der Waals surface area contributed by atoms with E-state index < -0.39 is 11.7 Å². The first-order valence-electron chi connectivity index (χ1n) is 6.66. The van der Waals surface area contributed by atoms with Crippen LogP contribution in [0.25, 0.3) is 5.69 Å². The molecule has 0 spiro atoms. The molecule has 114 valence electrons. The minimum atomic E-state index is -4.37. The highest BCUT2D eigenvalue weighted by molar-refractivity contribution is 5.35. The van der Waals surface area contributed by atoms with Crippen molar-refractivity contribution in [2.75, 3.05) is 6.54 Å². The largest absolute Gasteiger partial charge is 0.416 e. The van der Waals surface area contributed by atoms with Crippen LogP contribution in [0.5, 0.6) is 0 Å². The smallest absolute Gasteiger partial charge is 0.311 e. The monoisotopic (exact) mass is 298 g/mol. The predicted molar refractivity (Wildman–Crippen MR) is 72.9 cm³/mol. The van der Waals surface area contributed by atoms with Crippen molar-refractivity contribution in [3.05, 3.63) is 41.7 Å². The van der Waals surface area contributed by atoms with Crippen molar-refractivity contribution < 1.29 is 13.2 Å². The van der Waals surface area contributed by atoms with Crippen LogP contribution in [-0.4, -0.2) is 21.5 Å². The third-order valence-corrected chi connectivity index (χ3v) is 2.80. The Morgan fingerprint density at radius 3 is 2.71 bits per heavy atom. The Morgan fingerprint density at radius 2 is 2.05 bits per heavy atom. The summed E-state index contributed by atoms with van der Waals surface area (Å²) in [6.45, 7) is 5.56. The van der Waals surface area contributed by atoms with Gasteiger partial charge in [0.1, 0.15) is 0 Å². The number of halogens is 3. The molecule has 0 unspecified atom stereocenters. The fraction of sp³-hybridized carbons (Fsp3) is 0.429. The third kappa shape index (κ3) is 4.29. The first-order chi connectivity index (χ1) is 9.86. The summed E-state index contributed by atoms with van der Waals surface area (Å²) in [7, 11) is 0. The van der Waals surface area contributed by atoms with E-state index in [0.29, 0.717) is 23.8 Å². The average Bonchev–Trinajstić information content (AvgIpc) is 2.86. The van der Waals surface area contributed by atoms with E-state index in [1.165, 1.54) is 10.9 Å². The SMILES string of the molecule is CC(C)CNCc1cnn(-c2cccc(C(F)(F)F)c2)n1. The van der Waals surface area contributed by atoms with Gasteiger partial charge >= 0.3 is 6.18 Å². The number of rotatable bonds is 5. The molecular weight excluding hydrogens is 281 g/mol. The Labute approximate surface area is 121 Å². The van der Waals surface area contributed by atoms with Crippen LogP contribution in [0.2, 0.25) is 0 Å². The molecule has 0 saturated heterocycles. The number of alkyl halides is 3. The number of hydrogen-bond donors (Lipinski definition) is 1. The molecule has 0 bridgehead atoms. The quantitative estimate of drug-likeness (QED) is 0.922. The second kappa shape index (κ2) is 6.26. The summed E-state index contributed by atoms with van der Waals surface area (Å²) in [6.07, 6.45) is -2.82. The van der Waals surface area contributed by atoms with Crippen molar-refractivity contribution in [3.8, 4) is 5.69 Å². The fourth-order valence-electron chi connectivity index (χ4n) is 1.80. The van der Waals surface area contributed by atoms with Crippen LogP contribution in [0, 0.1) is 5.92 Å². The van der Waals surface area contributed by atoms with Gasteiger partial charge in [0.15, 0.2) is 0 Å². The van der Waals surface area contributed by atoms with E-state index in [1.54, 1.807) is 12.3 Å². The lowest BCUT2D eigenvalue weighted by molar-refractivity contribution is -0.137.